The van der Waals surface area contributed by atoms with E-state index >= 15 is 0 Å². The summed E-state index contributed by atoms with van der Waals surface area (Å²) in [5.41, 5.74) is 2.31. The molecule has 0 amide bonds. The molecule has 0 aliphatic carbocycles. The minimum atomic E-state index is -0.424. The van der Waals surface area contributed by atoms with E-state index in [0.717, 1.165) is 21.0 Å². The second-order valence-electron chi connectivity index (χ2n) is 3.62. The molecule has 0 radical (unpaired) electrons. The summed E-state index contributed by atoms with van der Waals surface area (Å²) < 4.78 is 4.66. The molecule has 0 bridgehead atoms. The van der Waals surface area contributed by atoms with E-state index < -0.39 is 5.97 Å². The number of hydrogen-bond donors (Lipinski definition) is 0. The standard InChI is InChI=1S/C12H12N2O2S/c1-7-5-14-10(12(15)16-3)4-9(7)11-6-13-8(2)17-11/h4-6H,1-3H3. The third-order valence-corrected chi connectivity index (χ3v) is 3.33. The number of rotatable bonds is 2. The summed E-state index contributed by atoms with van der Waals surface area (Å²) in [6.07, 6.45) is 3.49. The van der Waals surface area contributed by atoms with Crippen LogP contribution in [0.25, 0.3) is 10.4 Å². The van der Waals surface area contributed by atoms with Crippen LogP contribution in [-0.2, 0) is 4.74 Å². The van der Waals surface area contributed by atoms with Gasteiger partial charge in [-0.3, -0.25) is 0 Å². The summed E-state index contributed by atoms with van der Waals surface area (Å²) >= 11 is 1.59. The third kappa shape index (κ3) is 2.34. The Hall–Kier alpha value is -1.75. The van der Waals surface area contributed by atoms with Gasteiger partial charge in [-0.2, -0.15) is 0 Å². The van der Waals surface area contributed by atoms with Gasteiger partial charge in [0, 0.05) is 18.0 Å². The molecular formula is C12H12N2O2S. The molecule has 0 spiro atoms. The summed E-state index contributed by atoms with van der Waals surface area (Å²) in [5.74, 6) is -0.424. The Kier molecular flexibility index (Phi) is 3.19. The Bertz CT molecular complexity index is 563. The number of pyridine rings is 1. The van der Waals surface area contributed by atoms with Gasteiger partial charge in [0.1, 0.15) is 5.69 Å². The summed E-state index contributed by atoms with van der Waals surface area (Å²) in [6, 6.07) is 1.74. The van der Waals surface area contributed by atoms with Crippen LogP contribution < -0.4 is 0 Å². The third-order valence-electron chi connectivity index (χ3n) is 2.38. The molecule has 2 aromatic rings. The number of ether oxygens (including phenoxy) is 1. The number of hydrogen-bond acceptors (Lipinski definition) is 5. The smallest absolute Gasteiger partial charge is 0.356 e. The molecule has 0 atom stereocenters. The van der Waals surface area contributed by atoms with Crippen molar-refractivity contribution in [3.05, 3.63) is 34.7 Å². The van der Waals surface area contributed by atoms with E-state index in [4.69, 9.17) is 0 Å². The van der Waals surface area contributed by atoms with E-state index in [-0.39, 0.29) is 0 Å². The van der Waals surface area contributed by atoms with Crippen molar-refractivity contribution < 1.29 is 9.53 Å². The molecule has 88 valence electrons. The molecule has 17 heavy (non-hydrogen) atoms. The highest BCUT2D eigenvalue weighted by atomic mass is 32.1. The minimum Gasteiger partial charge on any atom is -0.464 e. The highest BCUT2D eigenvalue weighted by Crippen LogP contribution is 2.28. The lowest BCUT2D eigenvalue weighted by Crippen LogP contribution is -2.04. The van der Waals surface area contributed by atoms with Crippen LogP contribution in [0.1, 0.15) is 21.1 Å². The van der Waals surface area contributed by atoms with E-state index in [1.807, 2.05) is 20.0 Å². The van der Waals surface area contributed by atoms with Crippen molar-refractivity contribution in [1.29, 1.82) is 0 Å². The van der Waals surface area contributed by atoms with Crippen LogP contribution in [0.2, 0.25) is 0 Å². The lowest BCUT2D eigenvalue weighted by molar-refractivity contribution is 0.0594. The Labute approximate surface area is 103 Å². The predicted octanol–water partition coefficient (Wildman–Crippen LogP) is 2.61. The quantitative estimate of drug-likeness (QED) is 0.766. The number of nitrogens with zero attached hydrogens (tertiary/aromatic N) is 2. The SMILES string of the molecule is COC(=O)c1cc(-c2cnc(C)s2)c(C)cn1. The number of aryl methyl sites for hydroxylation is 2. The van der Waals surface area contributed by atoms with Crippen molar-refractivity contribution in [2.45, 2.75) is 13.8 Å². The molecule has 4 nitrogen and oxygen atoms in total. The van der Waals surface area contributed by atoms with Gasteiger partial charge in [0.15, 0.2) is 0 Å². The molecule has 5 heteroatoms. The maximum atomic E-state index is 11.4. The minimum absolute atomic E-state index is 0.319. The van der Waals surface area contributed by atoms with Crippen LogP contribution in [-0.4, -0.2) is 23.0 Å². The van der Waals surface area contributed by atoms with E-state index in [0.29, 0.717) is 5.69 Å². The normalized spacial score (nSPS) is 10.3. The molecule has 2 aromatic heterocycles. The maximum absolute atomic E-state index is 11.4. The maximum Gasteiger partial charge on any atom is 0.356 e. The van der Waals surface area contributed by atoms with Crippen molar-refractivity contribution in [3.63, 3.8) is 0 Å². The topological polar surface area (TPSA) is 52.1 Å². The van der Waals surface area contributed by atoms with E-state index in [2.05, 4.69) is 14.7 Å². The fourth-order valence-corrected chi connectivity index (χ4v) is 2.35. The van der Waals surface area contributed by atoms with Crippen LogP contribution in [0.15, 0.2) is 18.5 Å². The largest absolute Gasteiger partial charge is 0.464 e. The zero-order chi connectivity index (χ0) is 12.4. The van der Waals surface area contributed by atoms with Gasteiger partial charge in [0.2, 0.25) is 0 Å². The summed E-state index contributed by atoms with van der Waals surface area (Å²) in [7, 11) is 1.35. The van der Waals surface area contributed by atoms with Crippen molar-refractivity contribution in [1.82, 2.24) is 9.97 Å². The van der Waals surface area contributed by atoms with Gasteiger partial charge in [-0.05, 0) is 25.5 Å². The number of aromatic nitrogens is 2. The van der Waals surface area contributed by atoms with Gasteiger partial charge in [0.05, 0.1) is 17.0 Å². The zero-order valence-electron chi connectivity index (χ0n) is 9.85. The zero-order valence-corrected chi connectivity index (χ0v) is 10.7. The van der Waals surface area contributed by atoms with Crippen LogP contribution >= 0.6 is 11.3 Å². The average molecular weight is 248 g/mol. The number of esters is 1. The first-order valence-corrected chi connectivity index (χ1v) is 5.91. The van der Waals surface area contributed by atoms with Gasteiger partial charge in [-0.25, -0.2) is 14.8 Å². The monoisotopic (exact) mass is 248 g/mol. The van der Waals surface area contributed by atoms with Gasteiger partial charge >= 0.3 is 5.97 Å². The van der Waals surface area contributed by atoms with E-state index in [9.17, 15) is 4.79 Å². The first-order valence-electron chi connectivity index (χ1n) is 5.09. The molecule has 0 N–H and O–H groups in total. The Morgan fingerprint density at radius 1 is 1.29 bits per heavy atom. The highest BCUT2D eigenvalue weighted by Gasteiger charge is 2.12. The van der Waals surface area contributed by atoms with Gasteiger partial charge in [-0.1, -0.05) is 0 Å². The second kappa shape index (κ2) is 4.63. The van der Waals surface area contributed by atoms with E-state index in [1.54, 1.807) is 23.6 Å². The summed E-state index contributed by atoms with van der Waals surface area (Å²) in [6.45, 7) is 3.91. The number of methoxy groups -OCH3 is 1. The number of thiazole rings is 1. The molecule has 0 saturated heterocycles. The second-order valence-corrected chi connectivity index (χ2v) is 4.85. The van der Waals surface area contributed by atoms with E-state index in [1.165, 1.54) is 7.11 Å². The summed E-state index contributed by atoms with van der Waals surface area (Å²) in [4.78, 5) is 20.7. The Morgan fingerprint density at radius 3 is 2.65 bits per heavy atom. The van der Waals surface area contributed by atoms with Gasteiger partial charge < -0.3 is 4.74 Å². The lowest BCUT2D eigenvalue weighted by Gasteiger charge is -2.04. The van der Waals surface area contributed by atoms with Crippen LogP contribution in [0.5, 0.6) is 0 Å². The predicted molar refractivity (Wildman–Crippen MR) is 66.2 cm³/mol. The van der Waals surface area contributed by atoms with Gasteiger partial charge in [0.25, 0.3) is 0 Å². The average Bonchev–Trinajstić information content (AvgIpc) is 2.75. The Morgan fingerprint density at radius 2 is 2.06 bits per heavy atom. The molecular weight excluding hydrogens is 236 g/mol. The first kappa shape index (κ1) is 11.7. The van der Waals surface area contributed by atoms with Crippen molar-refractivity contribution >= 4 is 17.3 Å². The molecule has 0 fully saturated rings. The van der Waals surface area contributed by atoms with Crippen molar-refractivity contribution in [3.8, 4) is 10.4 Å². The molecule has 0 aliphatic heterocycles. The fourth-order valence-electron chi connectivity index (χ4n) is 1.49. The molecule has 2 heterocycles. The molecule has 0 unspecified atom stereocenters. The lowest BCUT2D eigenvalue weighted by atomic mass is 10.1. The Balaban J connectivity index is 2.49. The number of carbonyl (C=O) groups excluding carboxylic acids is 1. The van der Waals surface area contributed by atoms with Crippen LogP contribution in [0.3, 0.4) is 0 Å². The number of carbonyl (C=O) groups is 1. The highest BCUT2D eigenvalue weighted by molar-refractivity contribution is 7.15. The van der Waals surface area contributed by atoms with Gasteiger partial charge in [-0.15, -0.1) is 11.3 Å². The molecule has 0 aromatic carbocycles. The summed E-state index contributed by atoms with van der Waals surface area (Å²) in [5, 5.41) is 0.996. The first-order chi connectivity index (χ1) is 8.11. The molecule has 0 saturated carbocycles. The van der Waals surface area contributed by atoms with Crippen LogP contribution in [0, 0.1) is 13.8 Å². The van der Waals surface area contributed by atoms with Crippen LogP contribution in [0.4, 0.5) is 0 Å². The van der Waals surface area contributed by atoms with Crippen molar-refractivity contribution in [2.75, 3.05) is 7.11 Å². The molecule has 0 aliphatic rings. The van der Waals surface area contributed by atoms with Crippen molar-refractivity contribution in [2.24, 2.45) is 0 Å². The molecule has 2 rings (SSSR count). The fraction of sp³-hybridized carbons (Fsp3) is 0.250.